The lowest BCUT2D eigenvalue weighted by atomic mass is 9.90. The molecule has 0 bridgehead atoms. The van der Waals surface area contributed by atoms with Crippen LogP contribution >= 0.6 is 0 Å². The van der Waals surface area contributed by atoms with Crippen LogP contribution in [0.1, 0.15) is 34.6 Å². The minimum atomic E-state index is 0.138. The van der Waals surface area contributed by atoms with Gasteiger partial charge in [-0.25, -0.2) is 0 Å². The van der Waals surface area contributed by atoms with E-state index in [2.05, 4.69) is 20.8 Å². The zero-order valence-electron chi connectivity index (χ0n) is 7.08. The van der Waals surface area contributed by atoms with E-state index in [0.717, 1.165) is 5.70 Å². The van der Waals surface area contributed by atoms with Crippen molar-refractivity contribution in [2.45, 2.75) is 34.6 Å². The van der Waals surface area contributed by atoms with Gasteiger partial charge in [0.15, 0.2) is 0 Å². The van der Waals surface area contributed by atoms with Crippen molar-refractivity contribution >= 4 is 0 Å². The second-order valence-electron chi connectivity index (χ2n) is 3.66. The number of nitrogens with two attached hydrogens (primary N) is 1. The lowest BCUT2D eigenvalue weighted by Gasteiger charge is -2.20. The predicted octanol–water partition coefficient (Wildman–Crippen LogP) is 2.29. The molecule has 0 rings (SSSR count). The molecule has 0 aromatic carbocycles. The van der Waals surface area contributed by atoms with E-state index in [1.54, 1.807) is 0 Å². The van der Waals surface area contributed by atoms with Crippen molar-refractivity contribution < 1.29 is 0 Å². The van der Waals surface area contributed by atoms with Gasteiger partial charge in [0.25, 0.3) is 0 Å². The summed E-state index contributed by atoms with van der Waals surface area (Å²) in [5.41, 5.74) is 8.14. The minimum Gasteiger partial charge on any atom is -0.402 e. The van der Waals surface area contributed by atoms with Crippen LogP contribution in [0.2, 0.25) is 0 Å². The third-order valence-electron chi connectivity index (χ3n) is 1.35. The van der Waals surface area contributed by atoms with Crippen molar-refractivity contribution in [1.82, 2.24) is 0 Å². The topological polar surface area (TPSA) is 26.0 Å². The normalized spacial score (nSPS) is 11.2. The highest BCUT2D eigenvalue weighted by Gasteiger charge is 2.13. The standard InChI is InChI=1S/C8H17N/c1-6(2)7(9)8(3,4)5/h9H2,1-5H3. The summed E-state index contributed by atoms with van der Waals surface area (Å²) in [6, 6.07) is 0. The van der Waals surface area contributed by atoms with Crippen LogP contribution in [-0.4, -0.2) is 0 Å². The molecule has 9 heavy (non-hydrogen) atoms. The highest BCUT2D eigenvalue weighted by molar-refractivity contribution is 5.12. The third kappa shape index (κ3) is 2.54. The molecule has 0 aromatic heterocycles. The first-order valence-corrected chi connectivity index (χ1v) is 3.29. The Labute approximate surface area is 57.9 Å². The Kier molecular flexibility index (Phi) is 2.30. The third-order valence-corrected chi connectivity index (χ3v) is 1.35. The molecule has 1 heteroatoms. The van der Waals surface area contributed by atoms with Gasteiger partial charge < -0.3 is 5.73 Å². The average molecular weight is 127 g/mol. The van der Waals surface area contributed by atoms with E-state index < -0.39 is 0 Å². The molecule has 0 saturated carbocycles. The lowest BCUT2D eigenvalue weighted by Crippen LogP contribution is -2.18. The Morgan fingerprint density at radius 3 is 1.44 bits per heavy atom. The molecule has 0 aliphatic carbocycles. The van der Waals surface area contributed by atoms with Crippen LogP contribution in [0, 0.1) is 5.41 Å². The molecule has 1 nitrogen and oxygen atoms in total. The Bertz CT molecular complexity index is 122. The van der Waals surface area contributed by atoms with Crippen LogP contribution in [0.15, 0.2) is 11.3 Å². The first-order chi connectivity index (χ1) is 3.85. The largest absolute Gasteiger partial charge is 0.402 e. The van der Waals surface area contributed by atoms with E-state index in [4.69, 9.17) is 5.73 Å². The van der Waals surface area contributed by atoms with E-state index in [-0.39, 0.29) is 5.41 Å². The zero-order chi connectivity index (χ0) is 7.65. The van der Waals surface area contributed by atoms with Crippen molar-refractivity contribution in [2.24, 2.45) is 11.1 Å². The van der Waals surface area contributed by atoms with Crippen LogP contribution in [0.3, 0.4) is 0 Å². The van der Waals surface area contributed by atoms with Crippen molar-refractivity contribution in [3.63, 3.8) is 0 Å². The summed E-state index contributed by atoms with van der Waals surface area (Å²) in [6.45, 7) is 10.4. The molecule has 2 N–H and O–H groups in total. The Hall–Kier alpha value is -0.460. The summed E-state index contributed by atoms with van der Waals surface area (Å²) in [5.74, 6) is 0. The highest BCUT2D eigenvalue weighted by Crippen LogP contribution is 2.22. The van der Waals surface area contributed by atoms with Crippen LogP contribution < -0.4 is 5.73 Å². The first kappa shape index (κ1) is 8.54. The molecule has 0 atom stereocenters. The molecule has 0 heterocycles. The maximum atomic E-state index is 5.77. The maximum Gasteiger partial charge on any atom is 0.0121 e. The van der Waals surface area contributed by atoms with Gasteiger partial charge in [0, 0.05) is 11.1 Å². The summed E-state index contributed by atoms with van der Waals surface area (Å²) in [6.07, 6.45) is 0. The number of hydrogen-bond donors (Lipinski definition) is 1. The smallest absolute Gasteiger partial charge is 0.0121 e. The molecule has 0 fully saturated rings. The molecular weight excluding hydrogens is 110 g/mol. The van der Waals surface area contributed by atoms with Gasteiger partial charge in [0.05, 0.1) is 0 Å². The summed E-state index contributed by atoms with van der Waals surface area (Å²) < 4.78 is 0. The number of allylic oxidation sites excluding steroid dienone is 2. The highest BCUT2D eigenvalue weighted by atomic mass is 14.6. The first-order valence-electron chi connectivity index (χ1n) is 3.29. The molecule has 0 saturated heterocycles. The van der Waals surface area contributed by atoms with Gasteiger partial charge in [-0.05, 0) is 13.8 Å². The van der Waals surface area contributed by atoms with Crippen molar-refractivity contribution in [3.8, 4) is 0 Å². The van der Waals surface area contributed by atoms with Gasteiger partial charge in [-0.15, -0.1) is 0 Å². The van der Waals surface area contributed by atoms with E-state index >= 15 is 0 Å². The van der Waals surface area contributed by atoms with Crippen molar-refractivity contribution in [1.29, 1.82) is 0 Å². The molecule has 0 amide bonds. The minimum absolute atomic E-state index is 0.138. The fourth-order valence-electron chi connectivity index (χ4n) is 0.750. The van der Waals surface area contributed by atoms with Gasteiger partial charge >= 0.3 is 0 Å². The van der Waals surface area contributed by atoms with Gasteiger partial charge in [0.2, 0.25) is 0 Å². The van der Waals surface area contributed by atoms with E-state index in [1.165, 1.54) is 5.57 Å². The van der Waals surface area contributed by atoms with Gasteiger partial charge in [-0.3, -0.25) is 0 Å². The second kappa shape index (κ2) is 2.42. The maximum absolute atomic E-state index is 5.77. The lowest BCUT2D eigenvalue weighted by molar-refractivity contribution is 0.492. The summed E-state index contributed by atoms with van der Waals surface area (Å²) >= 11 is 0. The van der Waals surface area contributed by atoms with Crippen LogP contribution in [0.25, 0.3) is 0 Å². The molecule has 0 radical (unpaired) electrons. The fraction of sp³-hybridized carbons (Fsp3) is 0.750. The average Bonchev–Trinajstić information content (AvgIpc) is 1.62. The van der Waals surface area contributed by atoms with E-state index in [9.17, 15) is 0 Å². The fourth-order valence-corrected chi connectivity index (χ4v) is 0.750. The quantitative estimate of drug-likeness (QED) is 0.531. The van der Waals surface area contributed by atoms with Crippen molar-refractivity contribution in [2.75, 3.05) is 0 Å². The number of hydrogen-bond acceptors (Lipinski definition) is 1. The van der Waals surface area contributed by atoms with Crippen LogP contribution in [-0.2, 0) is 0 Å². The molecule has 0 aromatic rings. The SMILES string of the molecule is CC(C)=C(N)C(C)(C)C. The number of rotatable bonds is 0. The van der Waals surface area contributed by atoms with Crippen molar-refractivity contribution in [3.05, 3.63) is 11.3 Å². The molecule has 0 spiro atoms. The summed E-state index contributed by atoms with van der Waals surface area (Å²) in [4.78, 5) is 0. The summed E-state index contributed by atoms with van der Waals surface area (Å²) in [7, 11) is 0. The molecule has 0 aliphatic heterocycles. The molecule has 0 aliphatic rings. The predicted molar refractivity (Wildman–Crippen MR) is 42.0 cm³/mol. The van der Waals surface area contributed by atoms with Crippen LogP contribution in [0.5, 0.6) is 0 Å². The monoisotopic (exact) mass is 127 g/mol. The van der Waals surface area contributed by atoms with Gasteiger partial charge in [-0.1, -0.05) is 26.3 Å². The Morgan fingerprint density at radius 1 is 1.11 bits per heavy atom. The Morgan fingerprint density at radius 2 is 1.44 bits per heavy atom. The Balaban J connectivity index is 4.40. The van der Waals surface area contributed by atoms with E-state index in [1.807, 2.05) is 13.8 Å². The zero-order valence-corrected chi connectivity index (χ0v) is 7.08. The second-order valence-corrected chi connectivity index (χ2v) is 3.66. The van der Waals surface area contributed by atoms with Crippen LogP contribution in [0.4, 0.5) is 0 Å². The van der Waals surface area contributed by atoms with E-state index in [0.29, 0.717) is 0 Å². The summed E-state index contributed by atoms with van der Waals surface area (Å²) in [5, 5.41) is 0. The molecule has 54 valence electrons. The van der Waals surface area contributed by atoms with Gasteiger partial charge in [0.1, 0.15) is 0 Å². The molecule has 0 unspecified atom stereocenters. The van der Waals surface area contributed by atoms with Gasteiger partial charge in [-0.2, -0.15) is 0 Å². The molecular formula is C8H17N.